The first-order valence-corrected chi connectivity index (χ1v) is 9.87. The summed E-state index contributed by atoms with van der Waals surface area (Å²) in [6.07, 6.45) is 1.89. The molecule has 1 aliphatic carbocycles. The molecule has 27 heavy (non-hydrogen) atoms. The molecule has 0 atom stereocenters. The quantitative estimate of drug-likeness (QED) is 0.509. The Morgan fingerprint density at radius 3 is 2.41 bits per heavy atom. The Bertz CT molecular complexity index is 460. The molecule has 2 rings (SSSR count). The molecule has 2 aliphatic rings. The van der Waals surface area contributed by atoms with Crippen molar-refractivity contribution in [2.75, 3.05) is 66.6 Å². The van der Waals surface area contributed by atoms with Gasteiger partial charge >= 0.3 is 6.18 Å². The number of guanidine groups is 1. The normalized spacial score (nSPS) is 22.1. The van der Waals surface area contributed by atoms with Crippen molar-refractivity contribution in [3.8, 4) is 0 Å². The number of hydrogen-bond donors (Lipinski definition) is 2. The van der Waals surface area contributed by atoms with Crippen LogP contribution in [0.25, 0.3) is 0 Å². The van der Waals surface area contributed by atoms with Gasteiger partial charge in [-0.1, -0.05) is 19.3 Å². The molecule has 2 N–H and O–H groups in total. The minimum Gasteiger partial charge on any atom is -0.379 e. The lowest BCUT2D eigenvalue weighted by Crippen LogP contribution is -2.60. The third-order valence-corrected chi connectivity index (χ3v) is 5.51. The van der Waals surface area contributed by atoms with E-state index in [4.69, 9.17) is 4.74 Å². The van der Waals surface area contributed by atoms with Crippen LogP contribution in [-0.4, -0.2) is 94.1 Å². The van der Waals surface area contributed by atoms with Crippen molar-refractivity contribution in [1.82, 2.24) is 20.4 Å². The molecule has 0 spiro atoms. The van der Waals surface area contributed by atoms with Crippen LogP contribution in [0.15, 0.2) is 4.99 Å². The first kappa shape index (κ1) is 22.2. The highest BCUT2D eigenvalue weighted by Crippen LogP contribution is 2.33. The Balaban J connectivity index is 1.81. The van der Waals surface area contributed by atoms with Crippen molar-refractivity contribution in [3.63, 3.8) is 0 Å². The maximum atomic E-state index is 12.4. The van der Waals surface area contributed by atoms with Gasteiger partial charge in [0.15, 0.2) is 5.96 Å². The molecular weight excluding hydrogens is 359 g/mol. The maximum Gasteiger partial charge on any atom is 0.401 e. The SMILES string of the molecule is CN=C(NCCN(C)CC(F)(F)F)NCC1(N2CCOCC2)CCCCC1. The van der Waals surface area contributed by atoms with Gasteiger partial charge in [0.1, 0.15) is 0 Å². The Morgan fingerprint density at radius 2 is 1.81 bits per heavy atom. The van der Waals surface area contributed by atoms with E-state index in [9.17, 15) is 13.2 Å². The van der Waals surface area contributed by atoms with Crippen molar-refractivity contribution in [2.24, 2.45) is 4.99 Å². The highest BCUT2D eigenvalue weighted by molar-refractivity contribution is 5.79. The smallest absolute Gasteiger partial charge is 0.379 e. The highest BCUT2D eigenvalue weighted by Gasteiger charge is 2.38. The molecule has 1 saturated carbocycles. The van der Waals surface area contributed by atoms with Crippen LogP contribution in [0.4, 0.5) is 13.2 Å². The summed E-state index contributed by atoms with van der Waals surface area (Å²) < 4.78 is 42.7. The number of aliphatic imine (C=N–C) groups is 1. The minimum absolute atomic E-state index is 0.118. The fourth-order valence-corrected chi connectivity index (χ4v) is 4.07. The number of likely N-dealkylation sites (N-methyl/N-ethyl adjacent to an activating group) is 1. The van der Waals surface area contributed by atoms with Crippen molar-refractivity contribution in [2.45, 2.75) is 43.8 Å². The Labute approximate surface area is 160 Å². The molecule has 2 fully saturated rings. The molecule has 1 saturated heterocycles. The van der Waals surface area contributed by atoms with Crippen LogP contribution in [0, 0.1) is 0 Å². The molecule has 0 amide bonds. The van der Waals surface area contributed by atoms with Gasteiger partial charge in [-0.15, -0.1) is 0 Å². The van der Waals surface area contributed by atoms with E-state index >= 15 is 0 Å². The first-order valence-electron chi connectivity index (χ1n) is 9.87. The topological polar surface area (TPSA) is 52.1 Å². The summed E-state index contributed by atoms with van der Waals surface area (Å²) in [4.78, 5) is 8.04. The summed E-state index contributed by atoms with van der Waals surface area (Å²) >= 11 is 0. The van der Waals surface area contributed by atoms with Crippen LogP contribution in [0.5, 0.6) is 0 Å². The van der Waals surface area contributed by atoms with E-state index in [-0.39, 0.29) is 5.54 Å². The van der Waals surface area contributed by atoms with E-state index in [0.29, 0.717) is 19.0 Å². The summed E-state index contributed by atoms with van der Waals surface area (Å²) in [6.45, 7) is 4.07. The fraction of sp³-hybridized carbons (Fsp3) is 0.944. The molecule has 158 valence electrons. The van der Waals surface area contributed by atoms with Gasteiger partial charge in [0.25, 0.3) is 0 Å². The van der Waals surface area contributed by atoms with E-state index in [2.05, 4.69) is 20.5 Å². The molecule has 9 heteroatoms. The largest absolute Gasteiger partial charge is 0.401 e. The molecule has 0 unspecified atom stereocenters. The third-order valence-electron chi connectivity index (χ3n) is 5.51. The average Bonchev–Trinajstić information content (AvgIpc) is 2.64. The van der Waals surface area contributed by atoms with E-state index in [1.165, 1.54) is 31.2 Å². The van der Waals surface area contributed by atoms with Gasteiger partial charge in [-0.25, -0.2) is 0 Å². The number of rotatable bonds is 7. The van der Waals surface area contributed by atoms with Gasteiger partial charge in [0.2, 0.25) is 0 Å². The second kappa shape index (κ2) is 10.5. The summed E-state index contributed by atoms with van der Waals surface area (Å²) in [5.74, 6) is 0.647. The number of hydrogen-bond acceptors (Lipinski definition) is 4. The van der Waals surface area contributed by atoms with Gasteiger partial charge in [-0.2, -0.15) is 13.2 Å². The van der Waals surface area contributed by atoms with Gasteiger partial charge in [0, 0.05) is 45.3 Å². The average molecular weight is 393 g/mol. The van der Waals surface area contributed by atoms with Crippen LogP contribution in [-0.2, 0) is 4.74 Å². The first-order chi connectivity index (χ1) is 12.8. The number of ether oxygens (including phenoxy) is 1. The summed E-state index contributed by atoms with van der Waals surface area (Å²) in [5.41, 5.74) is 0.118. The fourth-order valence-electron chi connectivity index (χ4n) is 4.07. The van der Waals surface area contributed by atoms with E-state index < -0.39 is 12.7 Å². The van der Waals surface area contributed by atoms with E-state index in [1.54, 1.807) is 7.05 Å². The maximum absolute atomic E-state index is 12.4. The van der Waals surface area contributed by atoms with Crippen molar-refractivity contribution in [1.29, 1.82) is 0 Å². The van der Waals surface area contributed by atoms with Gasteiger partial charge in [0.05, 0.1) is 19.8 Å². The Morgan fingerprint density at radius 1 is 1.15 bits per heavy atom. The van der Waals surface area contributed by atoms with Gasteiger partial charge < -0.3 is 15.4 Å². The lowest BCUT2D eigenvalue weighted by atomic mass is 9.80. The Kier molecular flexibility index (Phi) is 8.62. The number of nitrogens with one attached hydrogen (secondary N) is 2. The predicted molar refractivity (Wildman–Crippen MR) is 101 cm³/mol. The zero-order valence-corrected chi connectivity index (χ0v) is 16.6. The van der Waals surface area contributed by atoms with Crippen molar-refractivity contribution >= 4 is 5.96 Å². The molecule has 1 aliphatic heterocycles. The van der Waals surface area contributed by atoms with E-state index in [0.717, 1.165) is 45.7 Å². The lowest BCUT2D eigenvalue weighted by molar-refractivity contribution is -0.142. The molecule has 0 aromatic rings. The van der Waals surface area contributed by atoms with E-state index in [1.807, 2.05) is 0 Å². The van der Waals surface area contributed by atoms with Crippen LogP contribution in [0.1, 0.15) is 32.1 Å². The number of nitrogens with zero attached hydrogens (tertiary/aromatic N) is 3. The third kappa shape index (κ3) is 7.46. The molecule has 6 nitrogen and oxygen atoms in total. The standard InChI is InChI=1S/C18H34F3N5O/c1-22-16(23-8-9-25(2)15-18(19,20)21)24-14-17(6-4-3-5-7-17)26-10-12-27-13-11-26/h3-15H2,1-2H3,(H2,22,23,24). The molecule has 0 aromatic heterocycles. The predicted octanol–water partition coefficient (Wildman–Crippen LogP) is 1.68. The lowest BCUT2D eigenvalue weighted by Gasteiger charge is -2.48. The zero-order chi connectivity index (χ0) is 19.8. The van der Waals surface area contributed by atoms with Crippen LogP contribution >= 0.6 is 0 Å². The van der Waals surface area contributed by atoms with Gasteiger partial charge in [-0.3, -0.25) is 14.8 Å². The zero-order valence-electron chi connectivity index (χ0n) is 16.6. The van der Waals surface area contributed by atoms with Crippen molar-refractivity contribution in [3.05, 3.63) is 0 Å². The van der Waals surface area contributed by atoms with Crippen molar-refractivity contribution < 1.29 is 17.9 Å². The summed E-state index contributed by atoms with van der Waals surface area (Å²) in [5, 5.41) is 6.55. The Hall–Kier alpha value is -1.06. The number of alkyl halides is 3. The number of morpholine rings is 1. The minimum atomic E-state index is -4.17. The summed E-state index contributed by atoms with van der Waals surface area (Å²) in [7, 11) is 3.16. The van der Waals surface area contributed by atoms with Crippen LogP contribution in [0.2, 0.25) is 0 Å². The second-order valence-electron chi connectivity index (χ2n) is 7.59. The molecular formula is C18H34F3N5O. The van der Waals surface area contributed by atoms with Crippen LogP contribution < -0.4 is 10.6 Å². The highest BCUT2D eigenvalue weighted by atomic mass is 19.4. The molecule has 0 aromatic carbocycles. The number of halogens is 3. The summed E-state index contributed by atoms with van der Waals surface area (Å²) in [6, 6.07) is 0. The molecule has 1 heterocycles. The van der Waals surface area contributed by atoms with Gasteiger partial charge in [-0.05, 0) is 19.9 Å². The second-order valence-corrected chi connectivity index (χ2v) is 7.59. The molecule has 0 bridgehead atoms. The van der Waals surface area contributed by atoms with Crippen LogP contribution in [0.3, 0.4) is 0 Å². The molecule has 0 radical (unpaired) electrons. The monoisotopic (exact) mass is 393 g/mol.